The molecule has 0 spiro atoms. The molecule has 1 N–H and O–H groups in total. The van der Waals surface area contributed by atoms with Gasteiger partial charge >= 0.3 is 0 Å². The zero-order valence-corrected chi connectivity index (χ0v) is 18.9. The van der Waals surface area contributed by atoms with Crippen LogP contribution in [0.5, 0.6) is 5.75 Å². The average molecular weight is 459 g/mol. The lowest BCUT2D eigenvalue weighted by atomic mass is 10.0. The monoisotopic (exact) mass is 458 g/mol. The Bertz CT molecular complexity index is 1180. The molecule has 0 unspecified atom stereocenters. The Hall–Kier alpha value is -3.03. The van der Waals surface area contributed by atoms with Crippen molar-refractivity contribution in [1.29, 1.82) is 0 Å². The van der Waals surface area contributed by atoms with Crippen molar-refractivity contribution < 1.29 is 17.9 Å². The van der Waals surface area contributed by atoms with Crippen molar-refractivity contribution in [3.8, 4) is 16.9 Å². The number of sulfonamides is 1. The Morgan fingerprint density at radius 1 is 1.03 bits per heavy atom. The Kier molecular flexibility index (Phi) is 6.87. The number of benzene rings is 3. The number of ether oxygens (including phenoxy) is 1. The Labute approximate surface area is 187 Å². The van der Waals surface area contributed by atoms with E-state index in [1.807, 2.05) is 42.5 Å². The number of amides is 1. The molecule has 3 rings (SSSR count). The van der Waals surface area contributed by atoms with Crippen LogP contribution in [0.4, 0.5) is 11.4 Å². The first-order valence-corrected chi connectivity index (χ1v) is 11.7. The molecule has 0 heterocycles. The van der Waals surface area contributed by atoms with Gasteiger partial charge in [-0.25, -0.2) is 8.42 Å². The van der Waals surface area contributed by atoms with Crippen molar-refractivity contribution >= 4 is 38.9 Å². The molecule has 1 amide bonds. The molecule has 0 fully saturated rings. The van der Waals surface area contributed by atoms with Crippen LogP contribution >= 0.6 is 11.6 Å². The fraction of sp³-hybridized carbons (Fsp3) is 0.174. The smallest absolute Gasteiger partial charge is 0.248 e. The lowest BCUT2D eigenvalue weighted by Gasteiger charge is -2.29. The van der Waals surface area contributed by atoms with Crippen LogP contribution in [-0.4, -0.2) is 33.7 Å². The highest BCUT2D eigenvalue weighted by atomic mass is 35.5. The second kappa shape index (κ2) is 9.41. The number of rotatable bonds is 7. The fourth-order valence-electron chi connectivity index (χ4n) is 3.32. The van der Waals surface area contributed by atoms with E-state index in [1.165, 1.54) is 20.1 Å². The van der Waals surface area contributed by atoms with Gasteiger partial charge in [0.15, 0.2) is 0 Å². The molecule has 0 saturated carbocycles. The fourth-order valence-corrected chi connectivity index (χ4v) is 4.65. The number of halogens is 1. The van der Waals surface area contributed by atoms with Crippen LogP contribution in [0.15, 0.2) is 72.8 Å². The molecule has 0 aliphatic heterocycles. The second-order valence-corrected chi connectivity index (χ2v) is 9.25. The third-order valence-electron chi connectivity index (χ3n) is 4.74. The summed E-state index contributed by atoms with van der Waals surface area (Å²) in [5.74, 6) is -0.199. The normalized spacial score (nSPS) is 12.1. The van der Waals surface area contributed by atoms with Crippen molar-refractivity contribution in [1.82, 2.24) is 0 Å². The van der Waals surface area contributed by atoms with Crippen LogP contribution < -0.4 is 14.4 Å². The largest absolute Gasteiger partial charge is 0.495 e. The van der Waals surface area contributed by atoms with Crippen molar-refractivity contribution in [3.05, 3.63) is 77.8 Å². The Balaban J connectivity index is 1.98. The minimum absolute atomic E-state index is 0.191. The molecule has 8 heteroatoms. The van der Waals surface area contributed by atoms with E-state index < -0.39 is 22.0 Å². The zero-order chi connectivity index (χ0) is 22.6. The van der Waals surface area contributed by atoms with E-state index in [4.69, 9.17) is 16.3 Å². The molecule has 0 bridgehead atoms. The Morgan fingerprint density at radius 3 is 2.32 bits per heavy atom. The minimum Gasteiger partial charge on any atom is -0.495 e. The van der Waals surface area contributed by atoms with Crippen LogP contribution in [0, 0.1) is 0 Å². The summed E-state index contributed by atoms with van der Waals surface area (Å²) in [5, 5.41) is 3.19. The summed E-state index contributed by atoms with van der Waals surface area (Å²) in [4.78, 5) is 13.2. The maximum atomic E-state index is 13.2. The summed E-state index contributed by atoms with van der Waals surface area (Å²) >= 11 is 6.09. The van der Waals surface area contributed by atoms with E-state index in [0.29, 0.717) is 16.5 Å². The summed E-state index contributed by atoms with van der Waals surface area (Å²) in [6, 6.07) is 20.5. The third kappa shape index (κ3) is 5.18. The molecule has 3 aromatic carbocycles. The molecule has 1 atom stereocenters. The molecule has 0 aromatic heterocycles. The first kappa shape index (κ1) is 22.7. The van der Waals surface area contributed by atoms with Gasteiger partial charge in [-0.05, 0) is 36.8 Å². The van der Waals surface area contributed by atoms with E-state index in [0.717, 1.165) is 21.7 Å². The van der Waals surface area contributed by atoms with Gasteiger partial charge < -0.3 is 10.1 Å². The topological polar surface area (TPSA) is 75.7 Å². The van der Waals surface area contributed by atoms with Gasteiger partial charge in [-0.15, -0.1) is 0 Å². The van der Waals surface area contributed by atoms with Crippen LogP contribution in [0.1, 0.15) is 6.92 Å². The van der Waals surface area contributed by atoms with Gasteiger partial charge in [0.1, 0.15) is 11.8 Å². The standard InChI is InChI=1S/C23H23ClN2O4S/c1-16(26(31(3,28)29)21-15-18(24)13-14-22(21)30-2)23(27)25-20-12-8-7-11-19(20)17-9-5-4-6-10-17/h4-16H,1-3H3,(H,25,27)/t16-/m0/s1. The van der Waals surface area contributed by atoms with Gasteiger partial charge in [-0.2, -0.15) is 0 Å². The zero-order valence-electron chi connectivity index (χ0n) is 17.4. The molecule has 31 heavy (non-hydrogen) atoms. The highest BCUT2D eigenvalue weighted by molar-refractivity contribution is 7.92. The number of anilines is 2. The number of nitrogens with zero attached hydrogens (tertiary/aromatic N) is 1. The number of para-hydroxylation sites is 1. The van der Waals surface area contributed by atoms with Crippen LogP contribution in [0.2, 0.25) is 5.02 Å². The summed E-state index contributed by atoms with van der Waals surface area (Å²) < 4.78 is 31.6. The van der Waals surface area contributed by atoms with Gasteiger partial charge in [0, 0.05) is 16.3 Å². The van der Waals surface area contributed by atoms with E-state index >= 15 is 0 Å². The van der Waals surface area contributed by atoms with Gasteiger partial charge in [-0.3, -0.25) is 9.10 Å². The van der Waals surface area contributed by atoms with Crippen molar-refractivity contribution in [2.24, 2.45) is 0 Å². The summed E-state index contributed by atoms with van der Waals surface area (Å²) in [7, 11) is -2.41. The summed E-state index contributed by atoms with van der Waals surface area (Å²) in [6.45, 7) is 1.52. The molecule has 0 saturated heterocycles. The SMILES string of the molecule is COc1ccc(Cl)cc1N([C@@H](C)C(=O)Nc1ccccc1-c1ccccc1)S(C)(=O)=O. The molecular formula is C23H23ClN2O4S. The number of methoxy groups -OCH3 is 1. The van der Waals surface area contributed by atoms with Gasteiger partial charge in [0.05, 0.1) is 19.1 Å². The Morgan fingerprint density at radius 2 is 1.68 bits per heavy atom. The lowest BCUT2D eigenvalue weighted by Crippen LogP contribution is -2.45. The van der Waals surface area contributed by atoms with E-state index in [1.54, 1.807) is 24.3 Å². The van der Waals surface area contributed by atoms with E-state index in [9.17, 15) is 13.2 Å². The first-order chi connectivity index (χ1) is 14.7. The van der Waals surface area contributed by atoms with E-state index in [-0.39, 0.29) is 5.69 Å². The number of hydrogen-bond acceptors (Lipinski definition) is 4. The summed E-state index contributed by atoms with van der Waals surface area (Å²) in [6.07, 6.45) is 1.04. The van der Waals surface area contributed by atoms with Gasteiger partial charge in [0.25, 0.3) is 0 Å². The minimum atomic E-state index is -3.83. The lowest BCUT2D eigenvalue weighted by molar-refractivity contribution is -0.116. The molecule has 6 nitrogen and oxygen atoms in total. The second-order valence-electron chi connectivity index (χ2n) is 6.95. The number of carbonyl (C=O) groups excluding carboxylic acids is 1. The van der Waals surface area contributed by atoms with Crippen LogP contribution in [-0.2, 0) is 14.8 Å². The number of nitrogens with one attached hydrogen (secondary N) is 1. The summed E-state index contributed by atoms with van der Waals surface area (Å²) in [5.41, 5.74) is 2.53. The molecule has 162 valence electrons. The van der Waals surface area contributed by atoms with Crippen molar-refractivity contribution in [3.63, 3.8) is 0 Å². The molecule has 3 aromatic rings. The van der Waals surface area contributed by atoms with Gasteiger partial charge in [-0.1, -0.05) is 60.1 Å². The van der Waals surface area contributed by atoms with Crippen LogP contribution in [0.3, 0.4) is 0 Å². The third-order valence-corrected chi connectivity index (χ3v) is 6.20. The number of hydrogen-bond donors (Lipinski definition) is 1. The predicted octanol–water partition coefficient (Wildman–Crippen LogP) is 4.81. The molecule has 0 radical (unpaired) electrons. The highest BCUT2D eigenvalue weighted by Crippen LogP contribution is 2.35. The molecule has 0 aliphatic rings. The molecule has 0 aliphatic carbocycles. The van der Waals surface area contributed by atoms with Crippen molar-refractivity contribution in [2.75, 3.05) is 23.0 Å². The van der Waals surface area contributed by atoms with Crippen LogP contribution in [0.25, 0.3) is 11.1 Å². The first-order valence-electron chi connectivity index (χ1n) is 9.50. The number of carbonyl (C=O) groups is 1. The quantitative estimate of drug-likeness (QED) is 0.551. The maximum Gasteiger partial charge on any atom is 0.248 e. The molecular weight excluding hydrogens is 436 g/mol. The average Bonchev–Trinajstić information content (AvgIpc) is 2.74. The predicted molar refractivity (Wildman–Crippen MR) is 125 cm³/mol. The maximum absolute atomic E-state index is 13.2. The highest BCUT2D eigenvalue weighted by Gasteiger charge is 2.31. The van der Waals surface area contributed by atoms with Gasteiger partial charge in [0.2, 0.25) is 15.9 Å². The van der Waals surface area contributed by atoms with Crippen molar-refractivity contribution in [2.45, 2.75) is 13.0 Å². The van der Waals surface area contributed by atoms with E-state index in [2.05, 4.69) is 5.32 Å².